The summed E-state index contributed by atoms with van der Waals surface area (Å²) < 4.78 is 0. The molecule has 148 valence electrons. The van der Waals surface area contributed by atoms with Crippen molar-refractivity contribution in [2.24, 2.45) is 11.1 Å². The van der Waals surface area contributed by atoms with Crippen LogP contribution in [0.25, 0.3) is 11.1 Å². The van der Waals surface area contributed by atoms with Crippen LogP contribution in [0.1, 0.15) is 43.7 Å². The maximum Gasteiger partial charge on any atom is 0.225 e. The molecule has 0 spiro atoms. The molecular formula is C24H30N2O2. The van der Waals surface area contributed by atoms with E-state index in [0.29, 0.717) is 19.4 Å². The first kappa shape index (κ1) is 20.1. The molecule has 1 saturated heterocycles. The van der Waals surface area contributed by atoms with Gasteiger partial charge in [-0.15, -0.1) is 0 Å². The number of aryl methyl sites for hydroxylation is 1. The molecule has 1 unspecified atom stereocenters. The van der Waals surface area contributed by atoms with E-state index in [2.05, 4.69) is 55.5 Å². The van der Waals surface area contributed by atoms with Crippen LogP contribution in [0.3, 0.4) is 0 Å². The van der Waals surface area contributed by atoms with Gasteiger partial charge in [0.05, 0.1) is 5.41 Å². The van der Waals surface area contributed by atoms with Crippen LogP contribution in [-0.2, 0) is 16.0 Å². The Bertz CT molecular complexity index is 827. The number of hydrogen-bond acceptors (Lipinski definition) is 2. The van der Waals surface area contributed by atoms with Crippen LogP contribution in [0.2, 0.25) is 0 Å². The Balaban J connectivity index is 1.78. The zero-order chi connectivity index (χ0) is 20.1. The predicted octanol–water partition coefficient (Wildman–Crippen LogP) is 4.10. The summed E-state index contributed by atoms with van der Waals surface area (Å²) in [6, 6.07) is 16.8. The number of carbonyl (C=O) groups excluding carboxylic acids is 2. The van der Waals surface area contributed by atoms with Gasteiger partial charge in [-0.05, 0) is 49.3 Å². The molecule has 1 heterocycles. The SMILES string of the molecule is CCCC(=O)N1CCCC(Cc2ccc(-c3ccc(C)cc3)cc2)(C(N)=O)C1. The zero-order valence-electron chi connectivity index (χ0n) is 16.9. The van der Waals surface area contributed by atoms with E-state index in [1.54, 1.807) is 0 Å². The molecule has 1 aliphatic rings. The first-order valence-corrected chi connectivity index (χ1v) is 10.2. The lowest BCUT2D eigenvalue weighted by molar-refractivity contribution is -0.140. The van der Waals surface area contributed by atoms with Gasteiger partial charge in [0, 0.05) is 19.5 Å². The second kappa shape index (κ2) is 8.59. The molecular weight excluding hydrogens is 348 g/mol. The number of nitrogens with zero attached hydrogens (tertiary/aromatic N) is 1. The third kappa shape index (κ3) is 4.44. The van der Waals surface area contributed by atoms with Gasteiger partial charge in [0.25, 0.3) is 0 Å². The summed E-state index contributed by atoms with van der Waals surface area (Å²) in [4.78, 5) is 26.6. The lowest BCUT2D eigenvalue weighted by Crippen LogP contribution is -2.53. The lowest BCUT2D eigenvalue weighted by Gasteiger charge is -2.41. The van der Waals surface area contributed by atoms with Crippen LogP contribution in [0.15, 0.2) is 48.5 Å². The summed E-state index contributed by atoms with van der Waals surface area (Å²) in [5.74, 6) is -0.174. The fourth-order valence-electron chi connectivity index (χ4n) is 4.10. The molecule has 4 nitrogen and oxygen atoms in total. The maximum atomic E-state index is 12.4. The van der Waals surface area contributed by atoms with E-state index in [4.69, 9.17) is 5.73 Å². The monoisotopic (exact) mass is 378 g/mol. The summed E-state index contributed by atoms with van der Waals surface area (Å²) in [5.41, 5.74) is 9.82. The van der Waals surface area contributed by atoms with Crippen LogP contribution in [0.4, 0.5) is 0 Å². The van der Waals surface area contributed by atoms with Crippen molar-refractivity contribution in [2.45, 2.75) is 46.0 Å². The van der Waals surface area contributed by atoms with Crippen LogP contribution in [-0.4, -0.2) is 29.8 Å². The van der Waals surface area contributed by atoms with Gasteiger partial charge in [-0.3, -0.25) is 9.59 Å². The van der Waals surface area contributed by atoms with Crippen molar-refractivity contribution >= 4 is 11.8 Å². The number of carbonyl (C=O) groups is 2. The van der Waals surface area contributed by atoms with Crippen molar-refractivity contribution in [1.82, 2.24) is 4.90 Å². The van der Waals surface area contributed by atoms with Gasteiger partial charge in [0.2, 0.25) is 11.8 Å². The minimum absolute atomic E-state index is 0.127. The molecule has 0 aliphatic carbocycles. The molecule has 28 heavy (non-hydrogen) atoms. The molecule has 1 atom stereocenters. The molecule has 4 heteroatoms. The summed E-state index contributed by atoms with van der Waals surface area (Å²) in [6.45, 7) is 5.23. The standard InChI is InChI=1S/C24H30N2O2/c1-3-5-22(27)26-15-4-14-24(17-26,23(25)28)16-19-8-12-21(13-9-19)20-10-6-18(2)7-11-20/h6-13H,3-5,14-17H2,1-2H3,(H2,25,28). The number of likely N-dealkylation sites (tertiary alicyclic amines) is 1. The smallest absolute Gasteiger partial charge is 0.225 e. The van der Waals surface area contributed by atoms with E-state index in [1.807, 2.05) is 11.8 Å². The predicted molar refractivity (Wildman–Crippen MR) is 113 cm³/mol. The minimum Gasteiger partial charge on any atom is -0.369 e. The zero-order valence-corrected chi connectivity index (χ0v) is 16.9. The van der Waals surface area contributed by atoms with E-state index in [0.717, 1.165) is 36.9 Å². The Labute approximate surface area is 167 Å². The minimum atomic E-state index is -0.674. The van der Waals surface area contributed by atoms with Crippen LogP contribution in [0, 0.1) is 12.3 Å². The number of nitrogens with two attached hydrogens (primary N) is 1. The van der Waals surface area contributed by atoms with Gasteiger partial charge in [0.1, 0.15) is 0 Å². The molecule has 2 aromatic rings. The van der Waals surface area contributed by atoms with Gasteiger partial charge in [-0.1, -0.05) is 61.0 Å². The van der Waals surface area contributed by atoms with Crippen LogP contribution < -0.4 is 5.73 Å². The molecule has 0 saturated carbocycles. The summed E-state index contributed by atoms with van der Waals surface area (Å²) in [6.07, 6.45) is 3.48. The van der Waals surface area contributed by atoms with E-state index in [-0.39, 0.29) is 11.8 Å². The van der Waals surface area contributed by atoms with Crippen LogP contribution in [0.5, 0.6) is 0 Å². The van der Waals surface area contributed by atoms with Crippen molar-refractivity contribution in [3.05, 3.63) is 59.7 Å². The molecule has 0 bridgehead atoms. The van der Waals surface area contributed by atoms with Crippen molar-refractivity contribution in [3.8, 4) is 11.1 Å². The normalized spacial score (nSPS) is 19.4. The number of primary amides is 1. The second-order valence-corrected chi connectivity index (χ2v) is 8.05. The molecule has 0 aromatic heterocycles. The lowest BCUT2D eigenvalue weighted by atomic mass is 9.74. The Kier molecular flexibility index (Phi) is 6.18. The van der Waals surface area contributed by atoms with Gasteiger partial charge in [-0.25, -0.2) is 0 Å². The third-order valence-corrected chi connectivity index (χ3v) is 5.80. The highest BCUT2D eigenvalue weighted by atomic mass is 16.2. The Hall–Kier alpha value is -2.62. The number of amides is 2. The second-order valence-electron chi connectivity index (χ2n) is 8.05. The number of hydrogen-bond donors (Lipinski definition) is 1. The molecule has 2 amide bonds. The Morgan fingerprint density at radius 1 is 1.04 bits per heavy atom. The van der Waals surface area contributed by atoms with E-state index < -0.39 is 5.41 Å². The van der Waals surface area contributed by atoms with E-state index in [1.165, 1.54) is 11.1 Å². The fourth-order valence-corrected chi connectivity index (χ4v) is 4.10. The average molecular weight is 379 g/mol. The maximum absolute atomic E-state index is 12.4. The first-order chi connectivity index (χ1) is 13.4. The molecule has 2 N–H and O–H groups in total. The first-order valence-electron chi connectivity index (χ1n) is 10.2. The molecule has 3 rings (SSSR count). The largest absolute Gasteiger partial charge is 0.369 e. The quantitative estimate of drug-likeness (QED) is 0.822. The van der Waals surface area contributed by atoms with Crippen molar-refractivity contribution in [3.63, 3.8) is 0 Å². The van der Waals surface area contributed by atoms with Crippen molar-refractivity contribution in [2.75, 3.05) is 13.1 Å². The number of benzene rings is 2. The van der Waals surface area contributed by atoms with Crippen molar-refractivity contribution in [1.29, 1.82) is 0 Å². The van der Waals surface area contributed by atoms with Gasteiger partial charge in [-0.2, -0.15) is 0 Å². The Morgan fingerprint density at radius 3 is 2.21 bits per heavy atom. The number of rotatable bonds is 6. The number of piperidine rings is 1. The third-order valence-electron chi connectivity index (χ3n) is 5.80. The van der Waals surface area contributed by atoms with Gasteiger partial charge in [0.15, 0.2) is 0 Å². The molecule has 1 aliphatic heterocycles. The summed E-state index contributed by atoms with van der Waals surface area (Å²) >= 11 is 0. The highest BCUT2D eigenvalue weighted by Crippen LogP contribution is 2.34. The van der Waals surface area contributed by atoms with Gasteiger partial charge < -0.3 is 10.6 Å². The van der Waals surface area contributed by atoms with E-state index in [9.17, 15) is 9.59 Å². The molecule has 0 radical (unpaired) electrons. The van der Waals surface area contributed by atoms with Gasteiger partial charge >= 0.3 is 0 Å². The van der Waals surface area contributed by atoms with Crippen molar-refractivity contribution < 1.29 is 9.59 Å². The highest BCUT2D eigenvalue weighted by molar-refractivity contribution is 5.83. The topological polar surface area (TPSA) is 63.4 Å². The summed E-state index contributed by atoms with van der Waals surface area (Å²) in [5, 5.41) is 0. The van der Waals surface area contributed by atoms with E-state index >= 15 is 0 Å². The highest BCUT2D eigenvalue weighted by Gasteiger charge is 2.41. The van der Waals surface area contributed by atoms with Crippen LogP contribution >= 0.6 is 0 Å². The average Bonchev–Trinajstić information content (AvgIpc) is 2.69. The Morgan fingerprint density at radius 2 is 1.64 bits per heavy atom. The fraction of sp³-hybridized carbons (Fsp3) is 0.417. The molecule has 1 fully saturated rings. The summed E-state index contributed by atoms with van der Waals surface area (Å²) in [7, 11) is 0. The molecule has 2 aromatic carbocycles.